The number of thioether (sulfide) groups is 1. The Kier molecular flexibility index (Phi) is 6.95. The Bertz CT molecular complexity index is 407. The molecule has 1 aromatic carbocycles. The van der Waals surface area contributed by atoms with Crippen LogP contribution in [0.4, 0.5) is 0 Å². The third kappa shape index (κ3) is 4.88. The van der Waals surface area contributed by atoms with Gasteiger partial charge >= 0.3 is 0 Å². The van der Waals surface area contributed by atoms with E-state index in [-0.39, 0.29) is 11.9 Å². The summed E-state index contributed by atoms with van der Waals surface area (Å²) in [6.45, 7) is 2.79. The first-order chi connectivity index (χ1) is 9.07. The number of benzene rings is 1. The summed E-state index contributed by atoms with van der Waals surface area (Å²) in [5, 5.41) is 3.03. The van der Waals surface area contributed by atoms with E-state index in [1.165, 1.54) is 0 Å². The van der Waals surface area contributed by atoms with Gasteiger partial charge in [0.25, 0.3) is 0 Å². The Balaban J connectivity index is 2.73. The highest BCUT2D eigenvalue weighted by Gasteiger charge is 2.23. The molecule has 0 fully saturated rings. The van der Waals surface area contributed by atoms with E-state index in [1.807, 2.05) is 50.2 Å². The molecule has 0 saturated heterocycles. The number of carbonyl (C=O) groups is 1. The molecular weight excluding hydrogens is 256 g/mol. The summed E-state index contributed by atoms with van der Waals surface area (Å²) in [6.07, 6.45) is 3.10. The molecule has 1 N–H and O–H groups in total. The normalized spacial score (nSPS) is 12.5. The largest absolute Gasteiger partial charge is 0.354 e. The second kappa shape index (κ2) is 8.23. The molecule has 0 aliphatic carbocycles. The van der Waals surface area contributed by atoms with E-state index in [1.54, 1.807) is 11.8 Å². The monoisotopic (exact) mass is 280 g/mol. The van der Waals surface area contributed by atoms with Crippen LogP contribution in [0.2, 0.25) is 0 Å². The molecule has 0 aromatic heterocycles. The van der Waals surface area contributed by atoms with Gasteiger partial charge in [0.05, 0.1) is 0 Å². The summed E-state index contributed by atoms with van der Waals surface area (Å²) < 4.78 is 0. The van der Waals surface area contributed by atoms with E-state index >= 15 is 0 Å². The van der Waals surface area contributed by atoms with Gasteiger partial charge < -0.3 is 5.32 Å². The average Bonchev–Trinajstić information content (AvgIpc) is 2.37. The van der Waals surface area contributed by atoms with Gasteiger partial charge in [-0.3, -0.25) is 9.69 Å². The molecule has 0 heterocycles. The van der Waals surface area contributed by atoms with Crippen molar-refractivity contribution in [2.75, 3.05) is 32.6 Å². The van der Waals surface area contributed by atoms with Gasteiger partial charge in [-0.2, -0.15) is 11.8 Å². The predicted octanol–water partition coefficient (Wildman–Crippen LogP) is 2.47. The average molecular weight is 280 g/mol. The fraction of sp³-hybridized carbons (Fsp3) is 0.533. The van der Waals surface area contributed by atoms with Gasteiger partial charge in [0.15, 0.2) is 0 Å². The fourth-order valence-electron chi connectivity index (χ4n) is 2.07. The first-order valence-corrected chi connectivity index (χ1v) is 7.96. The Labute approximate surface area is 120 Å². The quantitative estimate of drug-likeness (QED) is 0.779. The van der Waals surface area contributed by atoms with Crippen LogP contribution in [0.25, 0.3) is 0 Å². The van der Waals surface area contributed by atoms with E-state index in [0.717, 1.165) is 29.8 Å². The molecule has 19 heavy (non-hydrogen) atoms. The summed E-state index contributed by atoms with van der Waals surface area (Å²) in [7, 11) is 3.89. The number of hydrogen-bond acceptors (Lipinski definition) is 3. The van der Waals surface area contributed by atoms with E-state index in [2.05, 4.69) is 11.6 Å². The standard InChI is InChI=1S/C15H24N2OS/c1-12-8-5-6-9-13(12)14(17(2)3)15(18)16-10-7-11-19-4/h5-6,8-9,14H,7,10-11H2,1-4H3,(H,16,18)/t14-/m0/s1. The van der Waals surface area contributed by atoms with Gasteiger partial charge in [0.1, 0.15) is 6.04 Å². The lowest BCUT2D eigenvalue weighted by atomic mass is 10.00. The molecular formula is C15H24N2OS. The maximum absolute atomic E-state index is 12.3. The van der Waals surface area contributed by atoms with Crippen molar-refractivity contribution in [2.45, 2.75) is 19.4 Å². The predicted molar refractivity (Wildman–Crippen MR) is 83.6 cm³/mol. The number of aryl methyl sites for hydroxylation is 1. The lowest BCUT2D eigenvalue weighted by Crippen LogP contribution is -2.37. The van der Waals surface area contributed by atoms with Crippen LogP contribution in [0.3, 0.4) is 0 Å². The maximum atomic E-state index is 12.3. The van der Waals surface area contributed by atoms with Crippen LogP contribution >= 0.6 is 11.8 Å². The van der Waals surface area contributed by atoms with Crippen LogP contribution in [-0.2, 0) is 4.79 Å². The van der Waals surface area contributed by atoms with Crippen LogP contribution < -0.4 is 5.32 Å². The van der Waals surface area contributed by atoms with Crippen molar-refractivity contribution in [2.24, 2.45) is 0 Å². The Morgan fingerprint density at radius 1 is 1.37 bits per heavy atom. The molecule has 4 heteroatoms. The third-order valence-electron chi connectivity index (χ3n) is 3.07. The number of rotatable bonds is 7. The topological polar surface area (TPSA) is 32.3 Å². The lowest BCUT2D eigenvalue weighted by molar-refractivity contribution is -0.125. The molecule has 1 aromatic rings. The molecule has 0 saturated carbocycles. The summed E-state index contributed by atoms with van der Waals surface area (Å²) in [5.74, 6) is 1.16. The highest BCUT2D eigenvalue weighted by molar-refractivity contribution is 7.98. The Morgan fingerprint density at radius 2 is 2.05 bits per heavy atom. The van der Waals surface area contributed by atoms with Gasteiger partial charge in [0, 0.05) is 6.54 Å². The summed E-state index contributed by atoms with van der Waals surface area (Å²) in [4.78, 5) is 14.3. The number of amides is 1. The SMILES string of the molecule is CSCCCNC(=O)[C@H](c1ccccc1C)N(C)C. The summed E-state index contributed by atoms with van der Waals surface area (Å²) >= 11 is 1.81. The number of nitrogens with zero attached hydrogens (tertiary/aromatic N) is 1. The van der Waals surface area contributed by atoms with Crippen molar-refractivity contribution in [3.8, 4) is 0 Å². The fourth-order valence-corrected chi connectivity index (χ4v) is 2.51. The zero-order valence-electron chi connectivity index (χ0n) is 12.3. The van der Waals surface area contributed by atoms with Crippen molar-refractivity contribution in [3.05, 3.63) is 35.4 Å². The molecule has 0 aliphatic heterocycles. The van der Waals surface area contributed by atoms with Crippen LogP contribution in [0.15, 0.2) is 24.3 Å². The molecule has 3 nitrogen and oxygen atoms in total. The lowest BCUT2D eigenvalue weighted by Gasteiger charge is -2.25. The molecule has 0 aliphatic rings. The molecule has 0 unspecified atom stereocenters. The van der Waals surface area contributed by atoms with Crippen molar-refractivity contribution in [1.82, 2.24) is 10.2 Å². The van der Waals surface area contributed by atoms with Gasteiger partial charge in [-0.1, -0.05) is 24.3 Å². The summed E-state index contributed by atoms with van der Waals surface area (Å²) in [5.41, 5.74) is 2.23. The van der Waals surface area contributed by atoms with Crippen molar-refractivity contribution in [1.29, 1.82) is 0 Å². The number of carbonyl (C=O) groups excluding carboxylic acids is 1. The van der Waals surface area contributed by atoms with Crippen LogP contribution in [-0.4, -0.2) is 43.5 Å². The summed E-state index contributed by atoms with van der Waals surface area (Å²) in [6, 6.07) is 7.85. The highest BCUT2D eigenvalue weighted by atomic mass is 32.2. The first-order valence-electron chi connectivity index (χ1n) is 6.56. The van der Waals surface area contributed by atoms with E-state index in [9.17, 15) is 4.79 Å². The minimum absolute atomic E-state index is 0.0837. The van der Waals surface area contributed by atoms with Gasteiger partial charge in [-0.15, -0.1) is 0 Å². The maximum Gasteiger partial charge on any atom is 0.241 e. The second-order valence-electron chi connectivity index (χ2n) is 4.86. The van der Waals surface area contributed by atoms with Crippen LogP contribution in [0, 0.1) is 6.92 Å². The van der Waals surface area contributed by atoms with Crippen LogP contribution in [0.5, 0.6) is 0 Å². The molecule has 1 rings (SSSR count). The van der Waals surface area contributed by atoms with Gasteiger partial charge in [-0.25, -0.2) is 0 Å². The molecule has 1 amide bonds. The zero-order valence-corrected chi connectivity index (χ0v) is 13.1. The molecule has 0 spiro atoms. The smallest absolute Gasteiger partial charge is 0.241 e. The van der Waals surface area contributed by atoms with E-state index < -0.39 is 0 Å². The Morgan fingerprint density at radius 3 is 2.63 bits per heavy atom. The van der Waals surface area contributed by atoms with E-state index in [4.69, 9.17) is 0 Å². The second-order valence-corrected chi connectivity index (χ2v) is 5.85. The number of likely N-dealkylation sites (N-methyl/N-ethyl adjacent to an activating group) is 1. The molecule has 106 valence electrons. The van der Waals surface area contributed by atoms with Crippen LogP contribution in [0.1, 0.15) is 23.6 Å². The van der Waals surface area contributed by atoms with Crippen molar-refractivity contribution < 1.29 is 4.79 Å². The molecule has 0 bridgehead atoms. The molecule has 0 radical (unpaired) electrons. The van der Waals surface area contributed by atoms with Crippen molar-refractivity contribution in [3.63, 3.8) is 0 Å². The van der Waals surface area contributed by atoms with Crippen molar-refractivity contribution >= 4 is 17.7 Å². The minimum atomic E-state index is -0.213. The minimum Gasteiger partial charge on any atom is -0.354 e. The van der Waals surface area contributed by atoms with Gasteiger partial charge in [-0.05, 0) is 50.6 Å². The Hall–Kier alpha value is -1.00. The first kappa shape index (κ1) is 16.1. The molecule has 1 atom stereocenters. The zero-order chi connectivity index (χ0) is 14.3. The third-order valence-corrected chi connectivity index (χ3v) is 3.77. The van der Waals surface area contributed by atoms with Gasteiger partial charge in [0.2, 0.25) is 5.91 Å². The van der Waals surface area contributed by atoms with E-state index in [0.29, 0.717) is 0 Å². The number of nitrogens with one attached hydrogen (secondary N) is 1. The number of hydrogen-bond donors (Lipinski definition) is 1. The highest BCUT2D eigenvalue weighted by Crippen LogP contribution is 2.21.